The summed E-state index contributed by atoms with van der Waals surface area (Å²) in [6, 6.07) is 14.8. The molecule has 8 nitrogen and oxygen atoms in total. The summed E-state index contributed by atoms with van der Waals surface area (Å²) >= 11 is 0. The Labute approximate surface area is 222 Å². The minimum absolute atomic E-state index is 0.00955. The van der Waals surface area contributed by atoms with Gasteiger partial charge in [0.2, 0.25) is 5.91 Å². The number of fused-ring (bicyclic) bond motifs is 1. The maximum absolute atomic E-state index is 13.2. The Morgan fingerprint density at radius 3 is 2.61 bits per heavy atom. The molecule has 1 spiro atoms. The number of anilines is 1. The number of nitrogens with two attached hydrogens (primary N) is 1. The van der Waals surface area contributed by atoms with Crippen LogP contribution in [-0.4, -0.2) is 52.5 Å². The highest BCUT2D eigenvalue weighted by Gasteiger charge is 2.45. The number of likely N-dealkylation sites (tertiary alicyclic amines) is 1. The molecule has 2 aliphatic heterocycles. The van der Waals surface area contributed by atoms with Crippen molar-refractivity contribution in [3.8, 4) is 0 Å². The standard InChI is InChI=1S/C30H33N5O3/c1-3-27-24(16-21(2)17-31)30(19-38-27)12-14-34(15-13-30)29(37)22-8-10-23(11-9-22)33-28(36)18-35-20-32-25-6-4-5-7-26(25)35/h3-11,16,20H,2,12-15,17-19,31H2,1H3,(H,33,36)/b24-16+,27-3+. The normalized spacial score (nSPS) is 18.7. The van der Waals surface area contributed by atoms with Gasteiger partial charge in [-0.25, -0.2) is 4.98 Å². The van der Waals surface area contributed by atoms with E-state index in [-0.39, 0.29) is 23.8 Å². The predicted molar refractivity (Wildman–Crippen MR) is 148 cm³/mol. The number of imidazole rings is 1. The summed E-state index contributed by atoms with van der Waals surface area (Å²) in [6.07, 6.45) is 7.34. The quantitative estimate of drug-likeness (QED) is 0.515. The minimum Gasteiger partial charge on any atom is -0.493 e. The number of hydrogen-bond acceptors (Lipinski definition) is 5. The Hall–Kier alpha value is -4.17. The van der Waals surface area contributed by atoms with Crippen LogP contribution in [0.15, 0.2) is 90.5 Å². The Kier molecular flexibility index (Phi) is 7.15. The molecule has 2 fully saturated rings. The Morgan fingerprint density at radius 1 is 1.16 bits per heavy atom. The van der Waals surface area contributed by atoms with E-state index in [1.807, 2.05) is 46.7 Å². The van der Waals surface area contributed by atoms with Crippen LogP contribution in [0.2, 0.25) is 0 Å². The van der Waals surface area contributed by atoms with Gasteiger partial charge >= 0.3 is 0 Å². The van der Waals surface area contributed by atoms with E-state index in [0.29, 0.717) is 37.5 Å². The number of allylic oxidation sites excluding steroid dienone is 2. The summed E-state index contributed by atoms with van der Waals surface area (Å²) < 4.78 is 7.81. The number of carbonyl (C=O) groups excluding carboxylic acids is 2. The van der Waals surface area contributed by atoms with Gasteiger partial charge in [-0.05, 0) is 67.8 Å². The van der Waals surface area contributed by atoms with Gasteiger partial charge in [-0.15, -0.1) is 0 Å². The Morgan fingerprint density at radius 2 is 1.89 bits per heavy atom. The lowest BCUT2D eigenvalue weighted by Crippen LogP contribution is -2.44. The van der Waals surface area contributed by atoms with E-state index in [9.17, 15) is 9.59 Å². The molecule has 196 valence electrons. The molecule has 0 bridgehead atoms. The fourth-order valence-electron chi connectivity index (χ4n) is 5.28. The van der Waals surface area contributed by atoms with Crippen LogP contribution in [0, 0.1) is 5.41 Å². The van der Waals surface area contributed by atoms with Gasteiger partial charge in [0.1, 0.15) is 12.3 Å². The molecule has 5 rings (SSSR count). The van der Waals surface area contributed by atoms with Gasteiger partial charge in [0.25, 0.3) is 5.91 Å². The number of aromatic nitrogens is 2. The average Bonchev–Trinajstić information content (AvgIpc) is 3.50. The molecular weight excluding hydrogens is 478 g/mol. The van der Waals surface area contributed by atoms with Gasteiger partial charge in [0.05, 0.1) is 24.0 Å². The zero-order chi connectivity index (χ0) is 26.7. The van der Waals surface area contributed by atoms with E-state index < -0.39 is 0 Å². The van der Waals surface area contributed by atoms with Crippen LogP contribution in [0.3, 0.4) is 0 Å². The number of piperidine rings is 1. The molecule has 0 aliphatic carbocycles. The van der Waals surface area contributed by atoms with Crippen molar-refractivity contribution >= 4 is 28.5 Å². The lowest BCUT2D eigenvalue weighted by atomic mass is 9.73. The first-order chi connectivity index (χ1) is 18.4. The van der Waals surface area contributed by atoms with E-state index in [0.717, 1.165) is 40.8 Å². The summed E-state index contributed by atoms with van der Waals surface area (Å²) in [5.74, 6) is 0.719. The predicted octanol–water partition coefficient (Wildman–Crippen LogP) is 4.27. The summed E-state index contributed by atoms with van der Waals surface area (Å²) in [5.41, 5.74) is 10.7. The SMILES string of the molecule is C=C(/C=C1\C(=C/C)OCC12CCN(C(=O)c1ccc(NC(=O)Cn3cnc4ccccc43)cc1)CC2)CN. The molecule has 0 atom stereocenters. The maximum Gasteiger partial charge on any atom is 0.253 e. The molecule has 38 heavy (non-hydrogen) atoms. The number of benzene rings is 2. The molecule has 8 heteroatoms. The Bertz CT molecular complexity index is 1430. The second-order valence-corrected chi connectivity index (χ2v) is 9.92. The third-order valence-corrected chi connectivity index (χ3v) is 7.48. The molecular formula is C30H33N5O3. The van der Waals surface area contributed by atoms with Crippen LogP contribution in [0.5, 0.6) is 0 Å². The van der Waals surface area contributed by atoms with Crippen LogP contribution in [0.4, 0.5) is 5.69 Å². The number of para-hydroxylation sites is 2. The van der Waals surface area contributed by atoms with E-state index in [1.165, 1.54) is 0 Å². The number of nitrogens with one attached hydrogen (secondary N) is 1. The van der Waals surface area contributed by atoms with Gasteiger partial charge in [-0.1, -0.05) is 24.8 Å². The largest absolute Gasteiger partial charge is 0.493 e. The van der Waals surface area contributed by atoms with Crippen molar-refractivity contribution < 1.29 is 14.3 Å². The van der Waals surface area contributed by atoms with Crippen LogP contribution in [0.25, 0.3) is 11.0 Å². The van der Waals surface area contributed by atoms with Gasteiger partial charge in [-0.2, -0.15) is 0 Å². The van der Waals surface area contributed by atoms with Gasteiger partial charge in [0, 0.05) is 41.9 Å². The fraction of sp³-hybridized carbons (Fsp3) is 0.300. The highest BCUT2D eigenvalue weighted by Crippen LogP contribution is 2.48. The number of ether oxygens (including phenoxy) is 1. The van der Waals surface area contributed by atoms with Crippen molar-refractivity contribution in [2.45, 2.75) is 26.3 Å². The molecule has 0 unspecified atom stereocenters. The first kappa shape index (κ1) is 25.5. The van der Waals surface area contributed by atoms with E-state index in [2.05, 4.69) is 23.0 Å². The van der Waals surface area contributed by atoms with Gasteiger partial charge in [0.15, 0.2) is 0 Å². The zero-order valence-corrected chi connectivity index (χ0v) is 21.7. The van der Waals surface area contributed by atoms with E-state index in [4.69, 9.17) is 10.5 Å². The van der Waals surface area contributed by atoms with Crippen LogP contribution >= 0.6 is 0 Å². The molecule has 0 radical (unpaired) electrons. The highest BCUT2D eigenvalue weighted by atomic mass is 16.5. The average molecular weight is 512 g/mol. The number of hydrogen-bond donors (Lipinski definition) is 2. The summed E-state index contributed by atoms with van der Waals surface area (Å²) in [7, 11) is 0. The molecule has 2 saturated heterocycles. The van der Waals surface area contributed by atoms with Crippen molar-refractivity contribution in [3.63, 3.8) is 0 Å². The second-order valence-electron chi connectivity index (χ2n) is 9.92. The van der Waals surface area contributed by atoms with Crippen LogP contribution < -0.4 is 11.1 Å². The number of carbonyl (C=O) groups is 2. The molecule has 2 aliphatic rings. The van der Waals surface area contributed by atoms with Crippen LogP contribution in [0.1, 0.15) is 30.1 Å². The summed E-state index contributed by atoms with van der Waals surface area (Å²) in [4.78, 5) is 32.1. The number of amides is 2. The van der Waals surface area contributed by atoms with E-state index >= 15 is 0 Å². The van der Waals surface area contributed by atoms with Crippen molar-refractivity contribution in [2.24, 2.45) is 11.1 Å². The third-order valence-electron chi connectivity index (χ3n) is 7.48. The lowest BCUT2D eigenvalue weighted by Gasteiger charge is -2.38. The maximum atomic E-state index is 13.2. The first-order valence-corrected chi connectivity index (χ1v) is 12.9. The molecule has 1 aromatic heterocycles. The highest BCUT2D eigenvalue weighted by molar-refractivity contribution is 5.96. The molecule has 3 heterocycles. The van der Waals surface area contributed by atoms with Crippen LogP contribution in [-0.2, 0) is 16.1 Å². The van der Waals surface area contributed by atoms with Gasteiger partial charge < -0.3 is 25.3 Å². The molecule has 3 N–H and O–H groups in total. The van der Waals surface area contributed by atoms with Crippen molar-refractivity contribution in [2.75, 3.05) is 31.6 Å². The van der Waals surface area contributed by atoms with Crippen molar-refractivity contribution in [1.29, 1.82) is 0 Å². The monoisotopic (exact) mass is 511 g/mol. The fourth-order valence-corrected chi connectivity index (χ4v) is 5.28. The molecule has 3 aromatic rings. The van der Waals surface area contributed by atoms with E-state index in [1.54, 1.807) is 30.6 Å². The smallest absolute Gasteiger partial charge is 0.253 e. The van der Waals surface area contributed by atoms with Crippen molar-refractivity contribution in [3.05, 3.63) is 96.1 Å². The minimum atomic E-state index is -0.158. The summed E-state index contributed by atoms with van der Waals surface area (Å²) in [5, 5.41) is 2.90. The second kappa shape index (κ2) is 10.7. The van der Waals surface area contributed by atoms with Gasteiger partial charge in [-0.3, -0.25) is 9.59 Å². The molecule has 2 aromatic carbocycles. The Balaban J connectivity index is 1.19. The topological polar surface area (TPSA) is 102 Å². The van der Waals surface area contributed by atoms with Crippen molar-refractivity contribution in [1.82, 2.24) is 14.5 Å². The lowest BCUT2D eigenvalue weighted by molar-refractivity contribution is -0.116. The summed E-state index contributed by atoms with van der Waals surface area (Å²) in [6.45, 7) is 8.47. The first-order valence-electron chi connectivity index (χ1n) is 12.9. The molecule has 0 saturated carbocycles. The number of rotatable bonds is 6. The number of nitrogens with zero attached hydrogens (tertiary/aromatic N) is 3. The molecule has 2 amide bonds. The third kappa shape index (κ3) is 4.99. The zero-order valence-electron chi connectivity index (χ0n) is 21.7.